The zero-order valence-corrected chi connectivity index (χ0v) is 14.6. The first-order valence-corrected chi connectivity index (χ1v) is 8.79. The third kappa shape index (κ3) is 4.04. The zero-order valence-electron chi connectivity index (χ0n) is 13.8. The summed E-state index contributed by atoms with van der Waals surface area (Å²) in [7, 11) is 0. The quantitative estimate of drug-likeness (QED) is 0.369. The first-order valence-electron chi connectivity index (χ1n) is 7.85. The van der Waals surface area contributed by atoms with Crippen LogP contribution >= 0.6 is 11.3 Å². The molecule has 0 bridgehead atoms. The van der Waals surface area contributed by atoms with Gasteiger partial charge in [0, 0.05) is 22.9 Å². The fourth-order valence-electron chi connectivity index (χ4n) is 2.28. The van der Waals surface area contributed by atoms with E-state index in [1.165, 1.54) is 23.5 Å². The lowest BCUT2D eigenvalue weighted by molar-refractivity contribution is -0.147. The molecule has 4 aromatic rings. The van der Waals surface area contributed by atoms with E-state index in [0.29, 0.717) is 17.2 Å². The Morgan fingerprint density at radius 3 is 2.93 bits per heavy atom. The number of esters is 1. The maximum Gasteiger partial charge on any atom is 0.344 e. The number of hydrogen-bond donors (Lipinski definition) is 0. The van der Waals surface area contributed by atoms with Gasteiger partial charge in [-0.25, -0.2) is 9.59 Å². The van der Waals surface area contributed by atoms with Crippen molar-refractivity contribution in [1.29, 1.82) is 0 Å². The van der Waals surface area contributed by atoms with Gasteiger partial charge in [-0.3, -0.25) is 0 Å². The number of rotatable bonds is 6. The van der Waals surface area contributed by atoms with Crippen LogP contribution in [0.3, 0.4) is 0 Å². The van der Waals surface area contributed by atoms with Crippen molar-refractivity contribution < 1.29 is 23.2 Å². The lowest BCUT2D eigenvalue weighted by atomic mass is 10.2. The Bertz CT molecular complexity index is 1130. The Labute approximate surface area is 156 Å². The van der Waals surface area contributed by atoms with E-state index in [4.69, 9.17) is 18.4 Å². The predicted molar refractivity (Wildman–Crippen MR) is 95.4 cm³/mol. The topological polar surface area (TPSA) is 105 Å². The maximum absolute atomic E-state index is 11.8. The Morgan fingerprint density at radius 1 is 1.19 bits per heavy atom. The minimum atomic E-state index is -0.591. The van der Waals surface area contributed by atoms with Crippen LogP contribution in [-0.2, 0) is 16.1 Å². The lowest BCUT2D eigenvalue weighted by Gasteiger charge is -2.06. The van der Waals surface area contributed by atoms with E-state index >= 15 is 0 Å². The van der Waals surface area contributed by atoms with Crippen molar-refractivity contribution in [2.75, 3.05) is 6.61 Å². The van der Waals surface area contributed by atoms with Crippen LogP contribution < -0.4 is 10.4 Å². The number of benzene rings is 1. The predicted octanol–water partition coefficient (Wildman–Crippen LogP) is 3.03. The van der Waals surface area contributed by atoms with E-state index < -0.39 is 11.6 Å². The van der Waals surface area contributed by atoms with Crippen LogP contribution in [0.2, 0.25) is 0 Å². The molecule has 0 aliphatic rings. The SMILES string of the molecule is O=C(COc1ccc2ccc(=O)oc2c1)OCc1noc(-c2ccsc2)n1. The summed E-state index contributed by atoms with van der Waals surface area (Å²) in [5.41, 5.74) is 0.735. The highest BCUT2D eigenvalue weighted by atomic mass is 32.1. The fourth-order valence-corrected chi connectivity index (χ4v) is 2.91. The van der Waals surface area contributed by atoms with Crippen LogP contribution in [-0.4, -0.2) is 22.7 Å². The van der Waals surface area contributed by atoms with E-state index in [-0.39, 0.29) is 19.0 Å². The zero-order chi connectivity index (χ0) is 18.6. The first kappa shape index (κ1) is 17.0. The first-order chi connectivity index (χ1) is 13.2. The molecule has 1 aromatic carbocycles. The van der Waals surface area contributed by atoms with Gasteiger partial charge in [-0.05, 0) is 29.6 Å². The molecule has 136 valence electrons. The summed E-state index contributed by atoms with van der Waals surface area (Å²) >= 11 is 1.51. The lowest BCUT2D eigenvalue weighted by Crippen LogP contribution is -2.15. The van der Waals surface area contributed by atoms with Crippen molar-refractivity contribution in [3.63, 3.8) is 0 Å². The van der Waals surface area contributed by atoms with E-state index in [0.717, 1.165) is 10.9 Å². The van der Waals surface area contributed by atoms with Crippen molar-refractivity contribution in [2.24, 2.45) is 0 Å². The third-order valence-electron chi connectivity index (χ3n) is 3.55. The van der Waals surface area contributed by atoms with Gasteiger partial charge >= 0.3 is 11.6 Å². The van der Waals surface area contributed by atoms with Crippen LogP contribution in [0, 0.1) is 0 Å². The van der Waals surface area contributed by atoms with Crippen molar-refractivity contribution in [3.05, 3.63) is 63.4 Å². The van der Waals surface area contributed by atoms with Gasteiger partial charge in [0.05, 0.1) is 5.56 Å². The molecule has 4 rings (SSSR count). The molecule has 8 nitrogen and oxygen atoms in total. The molecule has 0 unspecified atom stereocenters. The monoisotopic (exact) mass is 384 g/mol. The highest BCUT2D eigenvalue weighted by molar-refractivity contribution is 7.08. The van der Waals surface area contributed by atoms with Gasteiger partial charge in [0.2, 0.25) is 5.82 Å². The molecule has 0 amide bonds. The summed E-state index contributed by atoms with van der Waals surface area (Å²) in [6, 6.07) is 9.77. The number of ether oxygens (including phenoxy) is 2. The Hall–Kier alpha value is -3.46. The molecule has 0 atom stereocenters. The molecular weight excluding hydrogens is 372 g/mol. The van der Waals surface area contributed by atoms with Gasteiger partial charge in [0.15, 0.2) is 13.2 Å². The molecule has 0 spiro atoms. The van der Waals surface area contributed by atoms with Gasteiger partial charge in [-0.1, -0.05) is 5.16 Å². The van der Waals surface area contributed by atoms with Crippen LogP contribution in [0.4, 0.5) is 0 Å². The highest BCUT2D eigenvalue weighted by Crippen LogP contribution is 2.21. The average molecular weight is 384 g/mol. The molecule has 0 N–H and O–H groups in total. The summed E-state index contributed by atoms with van der Waals surface area (Å²) in [5.74, 6) is 0.424. The Morgan fingerprint density at radius 2 is 2.07 bits per heavy atom. The Kier molecular flexibility index (Phi) is 4.67. The summed E-state index contributed by atoms with van der Waals surface area (Å²) in [6.45, 7) is -0.430. The molecule has 0 fully saturated rings. The minimum absolute atomic E-state index is 0.123. The van der Waals surface area contributed by atoms with E-state index in [2.05, 4.69) is 10.1 Å². The molecule has 9 heteroatoms. The standard InChI is InChI=1S/C18H12N2O6S/c21-16-4-2-11-1-3-13(7-14(11)25-16)23-9-17(22)24-8-15-19-18(26-20-15)12-5-6-27-10-12/h1-7,10H,8-9H2. The molecule has 0 aliphatic carbocycles. The third-order valence-corrected chi connectivity index (χ3v) is 4.23. The smallest absolute Gasteiger partial charge is 0.344 e. The van der Waals surface area contributed by atoms with Crippen molar-refractivity contribution >= 4 is 28.3 Å². The second kappa shape index (κ2) is 7.42. The number of carbonyl (C=O) groups excluding carboxylic acids is 1. The second-order valence-corrected chi connectivity index (χ2v) is 6.21. The number of thiophene rings is 1. The molecule has 3 aromatic heterocycles. The number of hydrogen-bond acceptors (Lipinski definition) is 9. The van der Waals surface area contributed by atoms with Gasteiger partial charge < -0.3 is 18.4 Å². The van der Waals surface area contributed by atoms with Crippen LogP contribution in [0.5, 0.6) is 5.75 Å². The molecule has 0 radical (unpaired) electrons. The van der Waals surface area contributed by atoms with Crippen LogP contribution in [0.15, 0.2) is 60.9 Å². The molecule has 0 saturated heterocycles. The van der Waals surface area contributed by atoms with Gasteiger partial charge in [-0.2, -0.15) is 16.3 Å². The van der Waals surface area contributed by atoms with Crippen LogP contribution in [0.1, 0.15) is 5.82 Å². The number of nitrogens with zero attached hydrogens (tertiary/aromatic N) is 2. The van der Waals surface area contributed by atoms with E-state index in [9.17, 15) is 9.59 Å². The van der Waals surface area contributed by atoms with E-state index in [1.807, 2.05) is 16.8 Å². The largest absolute Gasteiger partial charge is 0.482 e. The minimum Gasteiger partial charge on any atom is -0.482 e. The van der Waals surface area contributed by atoms with Gasteiger partial charge in [0.25, 0.3) is 5.89 Å². The molecule has 3 heterocycles. The molecule has 0 saturated carbocycles. The summed E-state index contributed by atoms with van der Waals surface area (Å²) in [4.78, 5) is 27.2. The number of fused-ring (bicyclic) bond motifs is 1. The molecule has 27 heavy (non-hydrogen) atoms. The molecular formula is C18H12N2O6S. The van der Waals surface area contributed by atoms with Crippen molar-refractivity contribution in [1.82, 2.24) is 10.1 Å². The van der Waals surface area contributed by atoms with Crippen LogP contribution in [0.25, 0.3) is 22.4 Å². The van der Waals surface area contributed by atoms with E-state index in [1.54, 1.807) is 18.2 Å². The van der Waals surface area contributed by atoms with Crippen molar-refractivity contribution in [3.8, 4) is 17.2 Å². The maximum atomic E-state index is 11.8. The van der Waals surface area contributed by atoms with Crippen molar-refractivity contribution in [2.45, 2.75) is 6.61 Å². The van der Waals surface area contributed by atoms with Gasteiger partial charge in [-0.15, -0.1) is 0 Å². The Balaban J connectivity index is 1.31. The number of carbonyl (C=O) groups is 1. The normalized spacial score (nSPS) is 10.8. The summed E-state index contributed by atoms with van der Waals surface area (Å²) in [5, 5.41) is 8.29. The average Bonchev–Trinajstić information content (AvgIpc) is 3.35. The molecule has 0 aliphatic heterocycles. The summed E-state index contributed by atoms with van der Waals surface area (Å²) in [6.07, 6.45) is 0. The number of aromatic nitrogens is 2. The second-order valence-electron chi connectivity index (χ2n) is 5.43. The summed E-state index contributed by atoms with van der Waals surface area (Å²) < 4.78 is 20.6. The van der Waals surface area contributed by atoms with Gasteiger partial charge in [0.1, 0.15) is 11.3 Å². The fraction of sp³-hybridized carbons (Fsp3) is 0.111. The highest BCUT2D eigenvalue weighted by Gasteiger charge is 2.12.